The summed E-state index contributed by atoms with van der Waals surface area (Å²) >= 11 is 0. The number of rotatable bonds is 4. The zero-order chi connectivity index (χ0) is 21.1. The van der Waals surface area contributed by atoms with E-state index in [-0.39, 0.29) is 34.3 Å². The van der Waals surface area contributed by atoms with Crippen LogP contribution in [0, 0.1) is 6.92 Å². The first kappa shape index (κ1) is 21.4. The number of aryl methyl sites for hydroxylation is 1. The summed E-state index contributed by atoms with van der Waals surface area (Å²) in [4.78, 5) is 19.5. The van der Waals surface area contributed by atoms with Crippen LogP contribution in [0.25, 0.3) is 0 Å². The van der Waals surface area contributed by atoms with Crippen molar-refractivity contribution < 1.29 is 18.6 Å². The molecular weight excluding hydrogens is 378 g/mol. The lowest BCUT2D eigenvalue weighted by Crippen LogP contribution is -2.44. The summed E-state index contributed by atoms with van der Waals surface area (Å²) in [6.45, 7) is 16.8. The van der Waals surface area contributed by atoms with Crippen molar-refractivity contribution in [3.05, 3.63) is 21.7 Å². The Morgan fingerprint density at radius 2 is 1.86 bits per heavy atom. The third kappa shape index (κ3) is 3.91. The minimum Gasteiger partial charge on any atom is -0.414 e. The van der Waals surface area contributed by atoms with E-state index in [1.165, 1.54) is 0 Å². The molecule has 0 bridgehead atoms. The SMILES string of the molecule is Cc1nc([C@@H]2O[C@H](CO[Si](C)(C)C(C)(C)C)[C@H]3OC(C)(C)O[C@H]32)c(=O)[nH]c1N. The molecule has 2 fully saturated rings. The van der Waals surface area contributed by atoms with Crippen LogP contribution in [0.15, 0.2) is 4.79 Å². The van der Waals surface area contributed by atoms with Crippen LogP contribution in [0.1, 0.15) is 52.1 Å². The summed E-state index contributed by atoms with van der Waals surface area (Å²) in [7, 11) is -1.96. The number of aromatic nitrogens is 2. The Labute approximate surface area is 167 Å². The lowest BCUT2D eigenvalue weighted by molar-refractivity contribution is -0.191. The molecule has 3 N–H and O–H groups in total. The molecule has 0 aromatic carbocycles. The van der Waals surface area contributed by atoms with Gasteiger partial charge in [0.2, 0.25) is 0 Å². The Morgan fingerprint density at radius 3 is 2.46 bits per heavy atom. The molecule has 2 aliphatic rings. The summed E-state index contributed by atoms with van der Waals surface area (Å²) in [5.74, 6) is -0.507. The number of hydrogen-bond donors (Lipinski definition) is 2. The average Bonchev–Trinajstić information content (AvgIpc) is 3.01. The van der Waals surface area contributed by atoms with Crippen LogP contribution >= 0.6 is 0 Å². The summed E-state index contributed by atoms with van der Waals surface area (Å²) < 4.78 is 24.8. The standard InChI is InChI=1S/C19H33N3O5Si/c1-10-16(20)22-17(23)12(21-10)14-15-13(26-19(5,6)27-15)11(25-14)9-24-28(7,8)18(2,3)4/h11,13-15H,9H2,1-8H3,(H3,20,22,23)/t11-,13-,14+,15-/m1/s1. The highest BCUT2D eigenvalue weighted by Gasteiger charge is 2.57. The van der Waals surface area contributed by atoms with Gasteiger partial charge >= 0.3 is 0 Å². The number of nitrogens with two attached hydrogens (primary N) is 1. The second kappa shape index (κ2) is 6.91. The number of aromatic amines is 1. The number of anilines is 1. The van der Waals surface area contributed by atoms with E-state index in [2.05, 4.69) is 43.8 Å². The van der Waals surface area contributed by atoms with E-state index in [0.717, 1.165) is 0 Å². The summed E-state index contributed by atoms with van der Waals surface area (Å²) in [5, 5.41) is 0.0868. The monoisotopic (exact) mass is 411 g/mol. The third-order valence-electron chi connectivity index (χ3n) is 5.99. The molecule has 3 heterocycles. The minimum atomic E-state index is -1.96. The number of fused-ring (bicyclic) bond motifs is 1. The van der Waals surface area contributed by atoms with E-state index in [9.17, 15) is 4.79 Å². The Morgan fingerprint density at radius 1 is 1.25 bits per heavy atom. The smallest absolute Gasteiger partial charge is 0.274 e. The zero-order valence-electron chi connectivity index (χ0n) is 18.1. The Bertz CT molecular complexity index is 802. The van der Waals surface area contributed by atoms with Crippen molar-refractivity contribution in [2.75, 3.05) is 12.3 Å². The predicted octanol–water partition coefficient (Wildman–Crippen LogP) is 2.64. The molecule has 158 valence electrons. The van der Waals surface area contributed by atoms with Crippen LogP contribution in [0.2, 0.25) is 18.1 Å². The van der Waals surface area contributed by atoms with E-state index >= 15 is 0 Å². The Balaban J connectivity index is 1.87. The molecule has 0 amide bonds. The van der Waals surface area contributed by atoms with E-state index in [1.807, 2.05) is 13.8 Å². The van der Waals surface area contributed by atoms with Crippen LogP contribution in [-0.4, -0.2) is 49.0 Å². The summed E-state index contributed by atoms with van der Waals surface area (Å²) in [6, 6.07) is 0. The number of nitrogens with zero attached hydrogens (tertiary/aromatic N) is 1. The van der Waals surface area contributed by atoms with Gasteiger partial charge in [0.15, 0.2) is 14.1 Å². The van der Waals surface area contributed by atoms with Crippen LogP contribution in [-0.2, 0) is 18.6 Å². The molecule has 0 aliphatic carbocycles. The van der Waals surface area contributed by atoms with Gasteiger partial charge in [-0.05, 0) is 38.9 Å². The molecule has 8 nitrogen and oxygen atoms in total. The van der Waals surface area contributed by atoms with E-state index in [0.29, 0.717) is 12.3 Å². The fraction of sp³-hybridized carbons (Fsp3) is 0.789. The third-order valence-corrected chi connectivity index (χ3v) is 10.5. The molecule has 28 heavy (non-hydrogen) atoms. The van der Waals surface area contributed by atoms with Crippen molar-refractivity contribution in [2.24, 2.45) is 0 Å². The lowest BCUT2D eigenvalue weighted by atomic mass is 10.1. The highest BCUT2D eigenvalue weighted by Crippen LogP contribution is 2.45. The second-order valence-corrected chi connectivity index (χ2v) is 14.5. The van der Waals surface area contributed by atoms with Gasteiger partial charge in [0, 0.05) is 0 Å². The topological polar surface area (TPSA) is 109 Å². The van der Waals surface area contributed by atoms with Crippen LogP contribution < -0.4 is 11.3 Å². The average molecular weight is 412 g/mol. The fourth-order valence-corrected chi connectivity index (χ4v) is 4.32. The fourth-order valence-electron chi connectivity index (χ4n) is 3.30. The Hall–Kier alpha value is -1.26. The molecule has 0 spiro atoms. The number of hydrogen-bond acceptors (Lipinski definition) is 7. The van der Waals surface area contributed by atoms with Crippen molar-refractivity contribution in [1.82, 2.24) is 9.97 Å². The van der Waals surface area contributed by atoms with Gasteiger partial charge in [0.25, 0.3) is 5.56 Å². The molecular formula is C19H33N3O5Si. The highest BCUT2D eigenvalue weighted by atomic mass is 28.4. The minimum absolute atomic E-state index is 0.0868. The first-order valence-corrected chi connectivity index (χ1v) is 12.6. The highest BCUT2D eigenvalue weighted by molar-refractivity contribution is 6.74. The molecule has 2 saturated heterocycles. The zero-order valence-corrected chi connectivity index (χ0v) is 19.1. The van der Waals surface area contributed by atoms with Crippen molar-refractivity contribution in [3.63, 3.8) is 0 Å². The largest absolute Gasteiger partial charge is 0.414 e. The number of H-pyrrole nitrogens is 1. The Kier molecular flexibility index (Phi) is 5.29. The van der Waals surface area contributed by atoms with Crippen LogP contribution in [0.5, 0.6) is 0 Å². The van der Waals surface area contributed by atoms with E-state index in [1.54, 1.807) is 6.92 Å². The molecule has 2 aliphatic heterocycles. The quantitative estimate of drug-likeness (QED) is 0.733. The van der Waals surface area contributed by atoms with Gasteiger partial charge in [0.1, 0.15) is 35.9 Å². The van der Waals surface area contributed by atoms with Gasteiger partial charge in [-0.2, -0.15) is 0 Å². The maximum Gasteiger partial charge on any atom is 0.274 e. The van der Waals surface area contributed by atoms with Gasteiger partial charge < -0.3 is 29.4 Å². The molecule has 9 heteroatoms. The van der Waals surface area contributed by atoms with Gasteiger partial charge in [-0.1, -0.05) is 20.8 Å². The molecule has 0 saturated carbocycles. The molecule has 0 radical (unpaired) electrons. The first-order chi connectivity index (χ1) is 12.7. The van der Waals surface area contributed by atoms with Gasteiger partial charge in [-0.15, -0.1) is 0 Å². The maximum absolute atomic E-state index is 12.5. The first-order valence-electron chi connectivity index (χ1n) is 9.73. The number of nitrogens with one attached hydrogen (secondary N) is 1. The van der Waals surface area contributed by atoms with Crippen LogP contribution in [0.4, 0.5) is 5.82 Å². The molecule has 1 aromatic heterocycles. The van der Waals surface area contributed by atoms with E-state index in [4.69, 9.17) is 24.4 Å². The van der Waals surface area contributed by atoms with E-state index < -0.39 is 26.3 Å². The molecule has 1 aromatic rings. The van der Waals surface area contributed by atoms with Crippen molar-refractivity contribution >= 4 is 14.1 Å². The van der Waals surface area contributed by atoms with Crippen molar-refractivity contribution in [1.29, 1.82) is 0 Å². The van der Waals surface area contributed by atoms with Crippen LogP contribution in [0.3, 0.4) is 0 Å². The van der Waals surface area contributed by atoms with Gasteiger partial charge in [0.05, 0.1) is 12.3 Å². The number of nitrogen functional groups attached to an aromatic ring is 1. The molecule has 3 rings (SSSR count). The molecule has 0 unspecified atom stereocenters. The van der Waals surface area contributed by atoms with Crippen molar-refractivity contribution in [2.45, 2.75) is 89.9 Å². The normalized spacial score (nSPS) is 29.9. The second-order valence-electron chi connectivity index (χ2n) is 9.68. The summed E-state index contributed by atoms with van der Waals surface area (Å²) in [6.07, 6.45) is -1.74. The van der Waals surface area contributed by atoms with Gasteiger partial charge in [-0.25, -0.2) is 4.98 Å². The predicted molar refractivity (Wildman–Crippen MR) is 109 cm³/mol. The maximum atomic E-state index is 12.5. The summed E-state index contributed by atoms with van der Waals surface area (Å²) in [5.41, 5.74) is 6.21. The van der Waals surface area contributed by atoms with Gasteiger partial charge in [-0.3, -0.25) is 4.79 Å². The number of ether oxygens (including phenoxy) is 3. The lowest BCUT2D eigenvalue weighted by Gasteiger charge is -2.37. The van der Waals surface area contributed by atoms with Crippen molar-refractivity contribution in [3.8, 4) is 0 Å². The molecule has 4 atom stereocenters.